The molecule has 0 aromatic carbocycles. The number of hydrogen-bond acceptors (Lipinski definition) is 5. The van der Waals surface area contributed by atoms with Crippen LogP contribution in [0.2, 0.25) is 0 Å². The zero-order chi connectivity index (χ0) is 17.7. The van der Waals surface area contributed by atoms with E-state index in [0.29, 0.717) is 24.2 Å². The van der Waals surface area contributed by atoms with Gasteiger partial charge in [-0.15, -0.1) is 24.0 Å². The lowest BCUT2D eigenvalue weighted by atomic mass is 10.1. The molecule has 1 N–H and O–H groups in total. The summed E-state index contributed by atoms with van der Waals surface area (Å²) in [5.74, 6) is 2.32. The minimum atomic E-state index is 0. The van der Waals surface area contributed by atoms with E-state index in [1.165, 1.54) is 5.56 Å². The standard InChI is InChI=1S/C16H27N7O.HI/c1-7-17-16(18-8-14-19-12(4)24-21-14)22(5)9-13-10-23(6)20-15(13)11(2)3;/h10-11H,7-9H2,1-6H3,(H,17,18);1H. The van der Waals surface area contributed by atoms with Crippen molar-refractivity contribution in [3.8, 4) is 0 Å². The van der Waals surface area contributed by atoms with E-state index in [4.69, 9.17) is 4.52 Å². The minimum absolute atomic E-state index is 0. The smallest absolute Gasteiger partial charge is 0.223 e. The van der Waals surface area contributed by atoms with Crippen LogP contribution in [0.3, 0.4) is 0 Å². The number of nitrogens with zero attached hydrogens (tertiary/aromatic N) is 6. The summed E-state index contributed by atoms with van der Waals surface area (Å²) in [5, 5.41) is 11.7. The second-order valence-electron chi connectivity index (χ2n) is 6.12. The molecular formula is C16H28IN7O. The molecule has 0 unspecified atom stereocenters. The van der Waals surface area contributed by atoms with Crippen LogP contribution < -0.4 is 5.32 Å². The number of halogens is 1. The fraction of sp³-hybridized carbons (Fsp3) is 0.625. The predicted octanol–water partition coefficient (Wildman–Crippen LogP) is 2.45. The van der Waals surface area contributed by atoms with Gasteiger partial charge >= 0.3 is 0 Å². The van der Waals surface area contributed by atoms with Crippen LogP contribution in [0.4, 0.5) is 0 Å². The van der Waals surface area contributed by atoms with Crippen molar-refractivity contribution >= 4 is 29.9 Å². The fourth-order valence-corrected chi connectivity index (χ4v) is 2.51. The molecule has 0 aliphatic carbocycles. The molecule has 25 heavy (non-hydrogen) atoms. The molecule has 140 valence electrons. The summed E-state index contributed by atoms with van der Waals surface area (Å²) in [5.41, 5.74) is 2.32. The molecule has 0 spiro atoms. The summed E-state index contributed by atoms with van der Waals surface area (Å²) in [6.07, 6.45) is 2.07. The Morgan fingerprint density at radius 1 is 1.44 bits per heavy atom. The highest BCUT2D eigenvalue weighted by Gasteiger charge is 2.15. The van der Waals surface area contributed by atoms with Crippen molar-refractivity contribution in [2.45, 2.75) is 46.7 Å². The third-order valence-electron chi connectivity index (χ3n) is 3.53. The van der Waals surface area contributed by atoms with E-state index < -0.39 is 0 Å². The van der Waals surface area contributed by atoms with E-state index in [-0.39, 0.29) is 24.0 Å². The molecule has 9 heteroatoms. The number of aliphatic imine (C=N–C) groups is 1. The van der Waals surface area contributed by atoms with E-state index in [1.54, 1.807) is 6.92 Å². The van der Waals surface area contributed by atoms with Crippen molar-refractivity contribution in [1.29, 1.82) is 0 Å². The second kappa shape index (κ2) is 9.73. The van der Waals surface area contributed by atoms with Gasteiger partial charge in [-0.2, -0.15) is 10.1 Å². The van der Waals surface area contributed by atoms with E-state index in [2.05, 4.69) is 50.5 Å². The molecule has 0 fully saturated rings. The van der Waals surface area contributed by atoms with Gasteiger partial charge < -0.3 is 14.7 Å². The van der Waals surface area contributed by atoms with Gasteiger partial charge in [-0.25, -0.2) is 4.99 Å². The molecule has 2 rings (SSSR count). The van der Waals surface area contributed by atoms with Crippen molar-refractivity contribution in [1.82, 2.24) is 30.1 Å². The Hall–Kier alpha value is -1.65. The van der Waals surface area contributed by atoms with Crippen LogP contribution in [0.1, 0.15) is 49.7 Å². The quantitative estimate of drug-likeness (QED) is 0.404. The number of rotatable bonds is 6. The maximum atomic E-state index is 4.98. The van der Waals surface area contributed by atoms with Crippen LogP contribution in [-0.4, -0.2) is 44.4 Å². The molecule has 0 atom stereocenters. The first-order chi connectivity index (χ1) is 11.4. The number of aryl methyl sites for hydroxylation is 2. The third kappa shape index (κ3) is 5.98. The topological polar surface area (TPSA) is 84.4 Å². The molecule has 8 nitrogen and oxygen atoms in total. The Balaban J connectivity index is 0.00000312. The Labute approximate surface area is 166 Å². The molecule has 0 radical (unpaired) electrons. The monoisotopic (exact) mass is 461 g/mol. The fourth-order valence-electron chi connectivity index (χ4n) is 2.51. The van der Waals surface area contributed by atoms with Gasteiger partial charge in [-0.05, 0) is 12.8 Å². The van der Waals surface area contributed by atoms with Crippen LogP contribution in [0, 0.1) is 6.92 Å². The molecule has 0 aliphatic heterocycles. The highest BCUT2D eigenvalue weighted by atomic mass is 127. The molecule has 0 saturated heterocycles. The Morgan fingerprint density at radius 2 is 2.16 bits per heavy atom. The SMILES string of the molecule is CCNC(=NCc1noc(C)n1)N(C)Cc1cn(C)nc1C(C)C.I. The lowest BCUT2D eigenvalue weighted by molar-refractivity contribution is 0.387. The molecule has 0 bridgehead atoms. The van der Waals surface area contributed by atoms with Crippen molar-refractivity contribution in [3.05, 3.63) is 29.2 Å². The highest BCUT2D eigenvalue weighted by molar-refractivity contribution is 14.0. The first-order valence-corrected chi connectivity index (χ1v) is 8.21. The number of guanidine groups is 1. The van der Waals surface area contributed by atoms with Gasteiger partial charge in [0.2, 0.25) is 5.89 Å². The third-order valence-corrected chi connectivity index (χ3v) is 3.53. The first kappa shape index (κ1) is 21.4. The summed E-state index contributed by atoms with van der Waals surface area (Å²) in [4.78, 5) is 10.9. The predicted molar refractivity (Wildman–Crippen MR) is 108 cm³/mol. The van der Waals surface area contributed by atoms with Crippen LogP contribution in [-0.2, 0) is 20.1 Å². The number of aromatic nitrogens is 4. The highest BCUT2D eigenvalue weighted by Crippen LogP contribution is 2.18. The van der Waals surface area contributed by atoms with E-state index in [1.807, 2.05) is 25.7 Å². The lowest BCUT2D eigenvalue weighted by Crippen LogP contribution is -2.38. The van der Waals surface area contributed by atoms with E-state index in [9.17, 15) is 0 Å². The zero-order valence-electron chi connectivity index (χ0n) is 15.8. The minimum Gasteiger partial charge on any atom is -0.357 e. The van der Waals surface area contributed by atoms with Crippen molar-refractivity contribution in [2.24, 2.45) is 12.0 Å². The average molecular weight is 461 g/mol. The second-order valence-corrected chi connectivity index (χ2v) is 6.12. The van der Waals surface area contributed by atoms with E-state index in [0.717, 1.165) is 24.7 Å². The summed E-state index contributed by atoms with van der Waals surface area (Å²) in [6, 6.07) is 0. The summed E-state index contributed by atoms with van der Waals surface area (Å²) in [6.45, 7) is 10.0. The van der Waals surface area contributed by atoms with Crippen LogP contribution in [0.25, 0.3) is 0 Å². The summed E-state index contributed by atoms with van der Waals surface area (Å²) >= 11 is 0. The van der Waals surface area contributed by atoms with Crippen LogP contribution in [0.15, 0.2) is 15.7 Å². The summed E-state index contributed by atoms with van der Waals surface area (Å²) in [7, 11) is 3.97. The molecule has 2 aromatic rings. The largest absolute Gasteiger partial charge is 0.357 e. The molecular weight excluding hydrogens is 433 g/mol. The Kier molecular flexibility index (Phi) is 8.33. The van der Waals surface area contributed by atoms with Gasteiger partial charge in [0.15, 0.2) is 11.8 Å². The van der Waals surface area contributed by atoms with Gasteiger partial charge in [-0.1, -0.05) is 19.0 Å². The van der Waals surface area contributed by atoms with Crippen LogP contribution >= 0.6 is 24.0 Å². The lowest BCUT2D eigenvalue weighted by Gasteiger charge is -2.22. The van der Waals surface area contributed by atoms with Gasteiger partial charge in [0, 0.05) is 45.9 Å². The maximum Gasteiger partial charge on any atom is 0.223 e. The molecule has 2 aromatic heterocycles. The van der Waals surface area contributed by atoms with Crippen LogP contribution in [0.5, 0.6) is 0 Å². The van der Waals surface area contributed by atoms with Gasteiger partial charge in [0.25, 0.3) is 0 Å². The van der Waals surface area contributed by atoms with Crippen molar-refractivity contribution in [3.63, 3.8) is 0 Å². The maximum absolute atomic E-state index is 4.98. The van der Waals surface area contributed by atoms with Gasteiger partial charge in [-0.3, -0.25) is 4.68 Å². The normalized spacial score (nSPS) is 11.6. The molecule has 0 saturated carbocycles. The molecule has 0 amide bonds. The first-order valence-electron chi connectivity index (χ1n) is 8.21. The van der Waals surface area contributed by atoms with Gasteiger partial charge in [0.1, 0.15) is 6.54 Å². The van der Waals surface area contributed by atoms with Gasteiger partial charge in [0.05, 0.1) is 5.69 Å². The van der Waals surface area contributed by atoms with E-state index >= 15 is 0 Å². The Morgan fingerprint density at radius 3 is 2.72 bits per heavy atom. The number of hydrogen-bond donors (Lipinski definition) is 1. The summed E-state index contributed by atoms with van der Waals surface area (Å²) < 4.78 is 6.85. The average Bonchev–Trinajstić information content (AvgIpc) is 3.09. The van der Waals surface area contributed by atoms with Crippen molar-refractivity contribution < 1.29 is 4.52 Å². The van der Waals surface area contributed by atoms with Crippen molar-refractivity contribution in [2.75, 3.05) is 13.6 Å². The zero-order valence-corrected chi connectivity index (χ0v) is 18.1. The molecule has 2 heterocycles. The Bertz CT molecular complexity index is 692. The number of nitrogens with one attached hydrogen (secondary N) is 1. The molecule has 0 aliphatic rings.